The van der Waals surface area contributed by atoms with Crippen molar-refractivity contribution in [3.05, 3.63) is 11.1 Å². The van der Waals surface area contributed by atoms with Gasteiger partial charge in [0, 0.05) is 13.7 Å². The van der Waals surface area contributed by atoms with E-state index in [9.17, 15) is 4.79 Å². The third kappa shape index (κ3) is 2.46. The lowest BCUT2D eigenvalue weighted by Gasteiger charge is -2.35. The Morgan fingerprint density at radius 2 is 2.12 bits per heavy atom. The monoisotopic (exact) mass is 226 g/mol. The molecule has 0 saturated heterocycles. The minimum Gasteiger partial charge on any atom is -0.468 e. The van der Waals surface area contributed by atoms with E-state index in [0.29, 0.717) is 6.61 Å². The smallest absolute Gasteiger partial charge is 0.315 e. The van der Waals surface area contributed by atoms with Crippen molar-refractivity contribution in [2.24, 2.45) is 5.41 Å². The number of hydrogen-bond donors (Lipinski definition) is 0. The van der Waals surface area contributed by atoms with E-state index in [1.54, 1.807) is 7.11 Å². The van der Waals surface area contributed by atoms with Gasteiger partial charge in [-0.15, -0.1) is 0 Å². The van der Waals surface area contributed by atoms with Gasteiger partial charge in [-0.05, 0) is 39.5 Å². The molecule has 0 N–H and O–H groups in total. The van der Waals surface area contributed by atoms with E-state index in [1.165, 1.54) is 18.3 Å². The lowest BCUT2D eigenvalue weighted by Crippen LogP contribution is -2.34. The molecule has 1 aliphatic rings. The van der Waals surface area contributed by atoms with Crippen LogP contribution in [-0.4, -0.2) is 26.8 Å². The highest BCUT2D eigenvalue weighted by atomic mass is 16.5. The zero-order valence-corrected chi connectivity index (χ0v) is 10.8. The summed E-state index contributed by atoms with van der Waals surface area (Å²) in [7, 11) is 3.15. The number of carbonyl (C=O) groups excluding carboxylic acids is 1. The number of allylic oxidation sites excluding steroid dienone is 1. The van der Waals surface area contributed by atoms with Crippen molar-refractivity contribution in [1.29, 1.82) is 0 Å². The van der Waals surface area contributed by atoms with E-state index < -0.39 is 5.41 Å². The summed E-state index contributed by atoms with van der Waals surface area (Å²) in [5.74, 6) is -0.113. The second-order valence-corrected chi connectivity index (χ2v) is 4.68. The molecule has 0 saturated carbocycles. The first kappa shape index (κ1) is 13.2. The molecule has 1 atom stereocenters. The molecule has 16 heavy (non-hydrogen) atoms. The number of methoxy groups -OCH3 is 2. The quantitative estimate of drug-likeness (QED) is 0.546. The van der Waals surface area contributed by atoms with Crippen molar-refractivity contribution < 1.29 is 14.3 Å². The van der Waals surface area contributed by atoms with Gasteiger partial charge in [-0.2, -0.15) is 0 Å². The van der Waals surface area contributed by atoms with Crippen LogP contribution in [0.3, 0.4) is 0 Å². The first-order valence-electron chi connectivity index (χ1n) is 5.82. The normalized spacial score (nSPS) is 25.8. The molecule has 0 spiro atoms. The highest BCUT2D eigenvalue weighted by molar-refractivity contribution is 5.80. The first-order chi connectivity index (χ1) is 7.56. The second kappa shape index (κ2) is 5.48. The van der Waals surface area contributed by atoms with Crippen LogP contribution in [0.4, 0.5) is 0 Å². The van der Waals surface area contributed by atoms with E-state index in [-0.39, 0.29) is 5.97 Å². The number of carbonyl (C=O) groups is 1. The standard InChI is InChI=1S/C13H22O3/c1-10-6-5-8-13(2,12(14)16-4)11(10)7-9-15-3/h5-9H2,1-4H3/t13-/m0/s1. The van der Waals surface area contributed by atoms with Crippen molar-refractivity contribution in [2.45, 2.75) is 39.5 Å². The Morgan fingerprint density at radius 3 is 2.69 bits per heavy atom. The molecule has 0 bridgehead atoms. The summed E-state index contributed by atoms with van der Waals surface area (Å²) < 4.78 is 10.1. The molecular weight excluding hydrogens is 204 g/mol. The maximum absolute atomic E-state index is 11.9. The Labute approximate surface area is 97.8 Å². The van der Waals surface area contributed by atoms with Gasteiger partial charge >= 0.3 is 5.97 Å². The van der Waals surface area contributed by atoms with Gasteiger partial charge in [-0.25, -0.2) is 0 Å². The molecule has 0 fully saturated rings. The summed E-state index contributed by atoms with van der Waals surface area (Å²) >= 11 is 0. The summed E-state index contributed by atoms with van der Waals surface area (Å²) in [5.41, 5.74) is 2.11. The van der Waals surface area contributed by atoms with Crippen LogP contribution in [0, 0.1) is 5.41 Å². The van der Waals surface area contributed by atoms with Gasteiger partial charge in [0.25, 0.3) is 0 Å². The Hall–Kier alpha value is -0.830. The van der Waals surface area contributed by atoms with Crippen molar-refractivity contribution in [3.63, 3.8) is 0 Å². The first-order valence-corrected chi connectivity index (χ1v) is 5.82. The van der Waals surface area contributed by atoms with Crippen LogP contribution >= 0.6 is 0 Å². The Bertz CT molecular complexity index is 294. The molecule has 0 heterocycles. The molecule has 0 radical (unpaired) electrons. The zero-order chi connectivity index (χ0) is 12.2. The average Bonchev–Trinajstić information content (AvgIpc) is 2.27. The number of esters is 1. The highest BCUT2D eigenvalue weighted by Crippen LogP contribution is 2.43. The summed E-state index contributed by atoms with van der Waals surface area (Å²) in [6.07, 6.45) is 3.86. The van der Waals surface area contributed by atoms with Crippen LogP contribution < -0.4 is 0 Å². The van der Waals surface area contributed by atoms with Gasteiger partial charge in [0.05, 0.1) is 12.5 Å². The van der Waals surface area contributed by atoms with Gasteiger partial charge in [0.15, 0.2) is 0 Å². The molecule has 0 aliphatic heterocycles. The van der Waals surface area contributed by atoms with Crippen LogP contribution in [0.1, 0.15) is 39.5 Å². The Morgan fingerprint density at radius 1 is 1.44 bits per heavy atom. The molecule has 1 rings (SSSR count). The third-order valence-electron chi connectivity index (χ3n) is 3.60. The Balaban J connectivity index is 2.97. The van der Waals surface area contributed by atoms with Gasteiger partial charge in [0.2, 0.25) is 0 Å². The summed E-state index contributed by atoms with van der Waals surface area (Å²) in [4.78, 5) is 11.9. The molecule has 0 aromatic heterocycles. The number of rotatable bonds is 4. The zero-order valence-electron chi connectivity index (χ0n) is 10.8. The SMILES string of the molecule is COCCC1=C(C)CCC[C@]1(C)C(=O)OC. The predicted octanol–water partition coefficient (Wildman–Crippen LogP) is 2.70. The lowest BCUT2D eigenvalue weighted by molar-refractivity contribution is -0.150. The fraction of sp³-hybridized carbons (Fsp3) is 0.769. The van der Waals surface area contributed by atoms with Crippen molar-refractivity contribution in [1.82, 2.24) is 0 Å². The van der Waals surface area contributed by atoms with Gasteiger partial charge < -0.3 is 9.47 Å². The Kier molecular flexibility index (Phi) is 4.54. The molecule has 0 unspecified atom stereocenters. The van der Waals surface area contributed by atoms with Crippen LogP contribution in [0.25, 0.3) is 0 Å². The highest BCUT2D eigenvalue weighted by Gasteiger charge is 2.40. The average molecular weight is 226 g/mol. The van der Waals surface area contributed by atoms with Gasteiger partial charge in [-0.1, -0.05) is 11.1 Å². The van der Waals surface area contributed by atoms with E-state index in [2.05, 4.69) is 6.92 Å². The number of hydrogen-bond acceptors (Lipinski definition) is 3. The van der Waals surface area contributed by atoms with Crippen LogP contribution in [0.2, 0.25) is 0 Å². The molecule has 0 amide bonds. The molecule has 0 aromatic rings. The predicted molar refractivity (Wildman–Crippen MR) is 63.2 cm³/mol. The fourth-order valence-electron chi connectivity index (χ4n) is 2.62. The van der Waals surface area contributed by atoms with Crippen molar-refractivity contribution in [3.8, 4) is 0 Å². The van der Waals surface area contributed by atoms with E-state index in [1.807, 2.05) is 6.92 Å². The van der Waals surface area contributed by atoms with Crippen molar-refractivity contribution >= 4 is 5.97 Å². The van der Waals surface area contributed by atoms with Crippen molar-refractivity contribution in [2.75, 3.05) is 20.8 Å². The largest absolute Gasteiger partial charge is 0.468 e. The minimum absolute atomic E-state index is 0.113. The number of ether oxygens (including phenoxy) is 2. The summed E-state index contributed by atoms with van der Waals surface area (Å²) in [6.45, 7) is 4.77. The second-order valence-electron chi connectivity index (χ2n) is 4.68. The molecular formula is C13H22O3. The fourth-order valence-corrected chi connectivity index (χ4v) is 2.62. The lowest BCUT2D eigenvalue weighted by atomic mass is 9.70. The third-order valence-corrected chi connectivity index (χ3v) is 3.60. The molecule has 3 nitrogen and oxygen atoms in total. The van der Waals surface area contributed by atoms with Crippen LogP contribution in [0.5, 0.6) is 0 Å². The minimum atomic E-state index is -0.435. The van der Waals surface area contributed by atoms with E-state index in [4.69, 9.17) is 9.47 Å². The molecule has 0 aromatic carbocycles. The molecule has 92 valence electrons. The van der Waals surface area contributed by atoms with Crippen LogP contribution in [-0.2, 0) is 14.3 Å². The topological polar surface area (TPSA) is 35.5 Å². The van der Waals surface area contributed by atoms with E-state index >= 15 is 0 Å². The van der Waals surface area contributed by atoms with Gasteiger partial charge in [-0.3, -0.25) is 4.79 Å². The van der Waals surface area contributed by atoms with Crippen LogP contribution in [0.15, 0.2) is 11.1 Å². The molecule has 3 heteroatoms. The van der Waals surface area contributed by atoms with Gasteiger partial charge in [0.1, 0.15) is 0 Å². The summed E-state index contributed by atoms with van der Waals surface area (Å²) in [6, 6.07) is 0. The summed E-state index contributed by atoms with van der Waals surface area (Å²) in [5, 5.41) is 0. The maximum Gasteiger partial charge on any atom is 0.315 e. The molecule has 1 aliphatic carbocycles. The van der Waals surface area contributed by atoms with E-state index in [0.717, 1.165) is 25.7 Å². The maximum atomic E-state index is 11.9.